The Bertz CT molecular complexity index is 1530. The van der Waals surface area contributed by atoms with Crippen molar-refractivity contribution in [3.8, 4) is 0 Å². The molecule has 9 heteroatoms. The van der Waals surface area contributed by atoms with Crippen molar-refractivity contribution in [3.63, 3.8) is 0 Å². The molecule has 0 saturated carbocycles. The van der Waals surface area contributed by atoms with Crippen LogP contribution in [0.4, 0.5) is 0 Å². The first-order chi connectivity index (χ1) is 14.0. The van der Waals surface area contributed by atoms with Crippen LogP contribution in [-0.2, 0) is 12.8 Å². The molecule has 29 heavy (non-hydrogen) atoms. The third-order valence-corrected chi connectivity index (χ3v) is 5.85. The Kier molecular flexibility index (Phi) is 3.99. The van der Waals surface area contributed by atoms with E-state index in [1.54, 1.807) is 23.7 Å². The van der Waals surface area contributed by atoms with Gasteiger partial charge in [0.1, 0.15) is 5.65 Å². The van der Waals surface area contributed by atoms with Crippen LogP contribution in [-0.4, -0.2) is 28.5 Å². The van der Waals surface area contributed by atoms with Crippen molar-refractivity contribution in [1.29, 1.82) is 0 Å². The van der Waals surface area contributed by atoms with Gasteiger partial charge in [-0.2, -0.15) is 0 Å². The van der Waals surface area contributed by atoms with Crippen LogP contribution >= 0.6 is 11.8 Å². The molecule has 4 aromatic heterocycles. The van der Waals surface area contributed by atoms with Gasteiger partial charge in [-0.25, -0.2) is 4.98 Å². The summed E-state index contributed by atoms with van der Waals surface area (Å²) in [5.74, 6) is 0.927. The molecule has 8 nitrogen and oxygen atoms in total. The zero-order valence-corrected chi connectivity index (χ0v) is 16.6. The second kappa shape index (κ2) is 6.56. The van der Waals surface area contributed by atoms with E-state index >= 15 is 0 Å². The number of hydrogen-bond acceptors (Lipinski definition) is 6. The van der Waals surface area contributed by atoms with Crippen molar-refractivity contribution in [2.24, 2.45) is 7.05 Å². The van der Waals surface area contributed by atoms with Crippen molar-refractivity contribution in [1.82, 2.24) is 28.5 Å². The van der Waals surface area contributed by atoms with Gasteiger partial charge in [-0.05, 0) is 30.7 Å². The molecule has 5 rings (SSSR count). The number of para-hydroxylation sites is 1. The highest BCUT2D eigenvalue weighted by atomic mass is 32.2. The number of aryl methyl sites for hydroxylation is 2. The van der Waals surface area contributed by atoms with Crippen LogP contribution in [0.2, 0.25) is 0 Å². The average molecular weight is 404 g/mol. The van der Waals surface area contributed by atoms with E-state index in [4.69, 9.17) is 0 Å². The summed E-state index contributed by atoms with van der Waals surface area (Å²) >= 11 is 1.43. The summed E-state index contributed by atoms with van der Waals surface area (Å²) in [7, 11) is 1.68. The summed E-state index contributed by atoms with van der Waals surface area (Å²) in [5, 5.41) is 9.70. The molecule has 0 bridgehead atoms. The molecule has 144 valence electrons. The average Bonchev–Trinajstić information content (AvgIpc) is 3.16. The van der Waals surface area contributed by atoms with Gasteiger partial charge in [0, 0.05) is 25.1 Å². The van der Waals surface area contributed by atoms with Gasteiger partial charge in [0.2, 0.25) is 5.78 Å². The molecular weight excluding hydrogens is 388 g/mol. The molecule has 0 spiro atoms. The number of hydrogen-bond donors (Lipinski definition) is 0. The minimum atomic E-state index is -0.117. The first kappa shape index (κ1) is 17.6. The van der Waals surface area contributed by atoms with Gasteiger partial charge < -0.3 is 0 Å². The highest BCUT2D eigenvalue weighted by molar-refractivity contribution is 7.98. The Balaban J connectivity index is 1.60. The molecule has 0 radical (unpaired) electrons. The minimum Gasteiger partial charge on any atom is -0.279 e. The van der Waals surface area contributed by atoms with E-state index in [9.17, 15) is 9.59 Å². The number of nitrogens with zero attached hydrogens (tertiary/aromatic N) is 6. The van der Waals surface area contributed by atoms with Gasteiger partial charge in [0.25, 0.3) is 11.1 Å². The Morgan fingerprint density at radius 3 is 2.76 bits per heavy atom. The Labute approximate surface area is 168 Å². The number of rotatable bonds is 3. The molecule has 0 N–H and O–H groups in total. The van der Waals surface area contributed by atoms with Crippen LogP contribution < -0.4 is 11.1 Å². The van der Waals surface area contributed by atoms with Crippen LogP contribution in [0, 0.1) is 6.92 Å². The number of fused-ring (bicyclic) bond motifs is 4. The van der Waals surface area contributed by atoms with Crippen molar-refractivity contribution in [2.75, 3.05) is 0 Å². The molecule has 1 aromatic carbocycles. The molecule has 0 aliphatic carbocycles. The Morgan fingerprint density at radius 1 is 1.07 bits per heavy atom. The Morgan fingerprint density at radius 2 is 1.90 bits per heavy atom. The molecule has 5 aromatic rings. The van der Waals surface area contributed by atoms with Crippen molar-refractivity contribution < 1.29 is 0 Å². The van der Waals surface area contributed by atoms with E-state index in [1.807, 2.05) is 41.7 Å². The molecule has 0 fully saturated rings. The molecule has 0 amide bonds. The first-order valence-corrected chi connectivity index (χ1v) is 9.97. The van der Waals surface area contributed by atoms with E-state index in [0.717, 1.165) is 11.1 Å². The highest BCUT2D eigenvalue weighted by Gasteiger charge is 2.15. The van der Waals surface area contributed by atoms with Gasteiger partial charge in [-0.15, -0.1) is 10.2 Å². The molecule has 0 aliphatic heterocycles. The molecule has 0 saturated heterocycles. The Hall–Kier alpha value is -3.46. The van der Waals surface area contributed by atoms with Gasteiger partial charge in [-0.1, -0.05) is 30.0 Å². The third-order valence-electron chi connectivity index (χ3n) is 4.88. The van der Waals surface area contributed by atoms with E-state index < -0.39 is 0 Å². The van der Waals surface area contributed by atoms with Crippen molar-refractivity contribution >= 4 is 34.1 Å². The molecule has 0 atom stereocenters. The maximum Gasteiger partial charge on any atom is 0.262 e. The van der Waals surface area contributed by atoms with Gasteiger partial charge in [0.05, 0.1) is 16.6 Å². The summed E-state index contributed by atoms with van der Waals surface area (Å²) in [5.41, 5.74) is 2.77. The molecular formula is C20H16N6O2S. The maximum atomic E-state index is 12.6. The SMILES string of the molecule is Cc1cccn2c(=O)cc(CSc3nnc4n(C)c(=O)c5ccccc5n34)nc12. The topological polar surface area (TPSA) is 86.6 Å². The number of aromatic nitrogens is 6. The number of thioether (sulfide) groups is 1. The summed E-state index contributed by atoms with van der Waals surface area (Å²) in [6, 6.07) is 12.7. The van der Waals surface area contributed by atoms with E-state index in [-0.39, 0.29) is 11.1 Å². The normalized spacial score (nSPS) is 11.7. The van der Waals surface area contributed by atoms with Gasteiger partial charge in [0.15, 0.2) is 5.16 Å². The van der Waals surface area contributed by atoms with E-state index in [2.05, 4.69) is 15.2 Å². The standard InChI is InChI=1S/C20H16N6O2S/c1-12-6-5-9-25-16(27)10-13(21-17(12)25)11-29-20-23-22-19-24(2)18(28)14-7-3-4-8-15(14)26(19)20/h3-10H,11H2,1-2H3. The van der Waals surface area contributed by atoms with Gasteiger partial charge >= 0.3 is 0 Å². The number of pyridine rings is 1. The van der Waals surface area contributed by atoms with Crippen LogP contribution in [0.15, 0.2) is 63.4 Å². The second-order valence-corrected chi connectivity index (χ2v) is 7.70. The zero-order chi connectivity index (χ0) is 20.1. The van der Waals surface area contributed by atoms with Crippen molar-refractivity contribution in [2.45, 2.75) is 17.8 Å². The monoisotopic (exact) mass is 404 g/mol. The largest absolute Gasteiger partial charge is 0.279 e. The smallest absolute Gasteiger partial charge is 0.262 e. The van der Waals surface area contributed by atoms with Crippen LogP contribution in [0.1, 0.15) is 11.3 Å². The summed E-state index contributed by atoms with van der Waals surface area (Å²) in [6.07, 6.45) is 1.72. The van der Waals surface area contributed by atoms with Crippen molar-refractivity contribution in [3.05, 3.63) is 80.6 Å². The molecule has 0 aliphatic rings. The fraction of sp³-hybridized carbons (Fsp3) is 0.150. The minimum absolute atomic E-state index is 0.114. The fourth-order valence-corrected chi connectivity index (χ4v) is 4.26. The lowest BCUT2D eigenvalue weighted by atomic mass is 10.2. The first-order valence-electron chi connectivity index (χ1n) is 8.98. The second-order valence-electron chi connectivity index (χ2n) is 6.76. The van der Waals surface area contributed by atoms with E-state index in [1.165, 1.54) is 22.4 Å². The predicted molar refractivity (Wildman–Crippen MR) is 111 cm³/mol. The lowest BCUT2D eigenvalue weighted by Gasteiger charge is -2.08. The lowest BCUT2D eigenvalue weighted by Crippen LogP contribution is -2.20. The van der Waals surface area contributed by atoms with Crippen LogP contribution in [0.5, 0.6) is 0 Å². The third kappa shape index (κ3) is 2.73. The molecule has 4 heterocycles. The fourth-order valence-electron chi connectivity index (χ4n) is 3.43. The summed E-state index contributed by atoms with van der Waals surface area (Å²) in [6.45, 7) is 1.93. The lowest BCUT2D eigenvalue weighted by molar-refractivity contribution is 0.853. The maximum absolute atomic E-state index is 12.6. The van der Waals surface area contributed by atoms with Gasteiger partial charge in [-0.3, -0.25) is 23.0 Å². The zero-order valence-electron chi connectivity index (χ0n) is 15.7. The summed E-state index contributed by atoms with van der Waals surface area (Å²) < 4.78 is 4.89. The van der Waals surface area contributed by atoms with Crippen LogP contribution in [0.3, 0.4) is 0 Å². The molecule has 0 unspecified atom stereocenters. The van der Waals surface area contributed by atoms with Crippen LogP contribution in [0.25, 0.3) is 22.3 Å². The quantitative estimate of drug-likeness (QED) is 0.429. The predicted octanol–water partition coefficient (Wildman–Crippen LogP) is 2.19. The van der Waals surface area contributed by atoms with E-state index in [0.29, 0.717) is 33.4 Å². The highest BCUT2D eigenvalue weighted by Crippen LogP contribution is 2.23. The summed E-state index contributed by atoms with van der Waals surface area (Å²) in [4.78, 5) is 29.6. The number of benzene rings is 1.